The second-order valence-corrected chi connectivity index (χ2v) is 5.20. The summed E-state index contributed by atoms with van der Waals surface area (Å²) in [6, 6.07) is 5.41. The van der Waals surface area contributed by atoms with E-state index in [1.54, 1.807) is 12.3 Å². The molecule has 19 heavy (non-hydrogen) atoms. The maximum Gasteiger partial charge on any atom is 0.263 e. The second kappa shape index (κ2) is 7.54. The molecule has 0 saturated heterocycles. The number of pyridine rings is 1. The van der Waals surface area contributed by atoms with Gasteiger partial charge in [0.2, 0.25) is 0 Å². The Labute approximate surface area is 120 Å². The number of nitrogens with zero attached hydrogens (tertiary/aromatic N) is 2. The molecule has 1 rings (SSSR count). The van der Waals surface area contributed by atoms with Crippen LogP contribution in [-0.2, 0) is 4.79 Å². The lowest BCUT2D eigenvalue weighted by Crippen LogP contribution is -2.28. The van der Waals surface area contributed by atoms with Crippen molar-refractivity contribution in [2.45, 2.75) is 13.8 Å². The third kappa shape index (κ3) is 5.53. The van der Waals surface area contributed by atoms with Gasteiger partial charge in [0.1, 0.15) is 17.5 Å². The molecule has 0 aliphatic carbocycles. The first-order valence-electron chi connectivity index (χ1n) is 5.79. The Kier molecular flexibility index (Phi) is 6.03. The summed E-state index contributed by atoms with van der Waals surface area (Å²) in [5.74, 6) is 0.512. The van der Waals surface area contributed by atoms with Crippen molar-refractivity contribution in [3.05, 3.63) is 34.6 Å². The zero-order valence-corrected chi connectivity index (χ0v) is 12.4. The summed E-state index contributed by atoms with van der Waals surface area (Å²) in [4.78, 5) is 15.8. The molecule has 1 aromatic heterocycles. The number of carbonyl (C=O) groups is 1. The van der Waals surface area contributed by atoms with Gasteiger partial charge in [0.15, 0.2) is 0 Å². The van der Waals surface area contributed by atoms with Gasteiger partial charge in [-0.2, -0.15) is 5.26 Å². The van der Waals surface area contributed by atoms with E-state index in [2.05, 4.69) is 31.5 Å². The van der Waals surface area contributed by atoms with E-state index < -0.39 is 0 Å². The molecule has 1 heterocycles. The molecule has 0 spiro atoms. The van der Waals surface area contributed by atoms with Gasteiger partial charge in [-0.3, -0.25) is 4.79 Å². The number of hydrogen-bond donors (Lipinski definition) is 2. The Morgan fingerprint density at radius 1 is 1.58 bits per heavy atom. The molecule has 1 aromatic rings. The van der Waals surface area contributed by atoms with Gasteiger partial charge in [-0.25, -0.2) is 4.98 Å². The maximum absolute atomic E-state index is 11.7. The van der Waals surface area contributed by atoms with Crippen LogP contribution >= 0.6 is 15.9 Å². The molecule has 100 valence electrons. The van der Waals surface area contributed by atoms with Crippen LogP contribution in [0.15, 0.2) is 34.6 Å². The van der Waals surface area contributed by atoms with Crippen molar-refractivity contribution in [3.63, 3.8) is 0 Å². The van der Waals surface area contributed by atoms with E-state index in [-0.39, 0.29) is 11.5 Å². The molecule has 0 bridgehead atoms. The Hall–Kier alpha value is -1.87. The molecular formula is C13H15BrN4O. The number of carbonyl (C=O) groups excluding carboxylic acids is 1. The van der Waals surface area contributed by atoms with Crippen LogP contribution in [0.4, 0.5) is 5.82 Å². The summed E-state index contributed by atoms with van der Waals surface area (Å²) in [5, 5.41) is 14.4. The molecule has 0 unspecified atom stereocenters. The fourth-order valence-electron chi connectivity index (χ4n) is 1.15. The predicted octanol–water partition coefficient (Wildman–Crippen LogP) is 2.44. The molecule has 6 heteroatoms. The van der Waals surface area contributed by atoms with Crippen LogP contribution in [0, 0.1) is 17.2 Å². The summed E-state index contributed by atoms with van der Waals surface area (Å²) in [6.07, 6.45) is 2.98. The molecule has 0 atom stereocenters. The minimum atomic E-state index is -0.388. The smallest absolute Gasteiger partial charge is 0.263 e. The van der Waals surface area contributed by atoms with Gasteiger partial charge in [-0.1, -0.05) is 13.8 Å². The third-order valence-electron chi connectivity index (χ3n) is 2.13. The zero-order valence-electron chi connectivity index (χ0n) is 10.8. The highest BCUT2D eigenvalue weighted by atomic mass is 79.9. The Morgan fingerprint density at radius 2 is 2.32 bits per heavy atom. The first kappa shape index (κ1) is 15.2. The maximum atomic E-state index is 11.7. The van der Waals surface area contributed by atoms with Crippen molar-refractivity contribution in [1.29, 1.82) is 5.26 Å². The van der Waals surface area contributed by atoms with E-state index in [9.17, 15) is 4.79 Å². The SMILES string of the molecule is CC(C)CNC(=O)/C(C#N)=C\Nc1ccc(Br)cn1. The molecule has 1 amide bonds. The van der Waals surface area contributed by atoms with Crippen LogP contribution in [0.5, 0.6) is 0 Å². The summed E-state index contributed by atoms with van der Waals surface area (Å²) < 4.78 is 0.859. The number of nitrogens with one attached hydrogen (secondary N) is 2. The van der Waals surface area contributed by atoms with Gasteiger partial charge in [0.05, 0.1) is 0 Å². The summed E-state index contributed by atoms with van der Waals surface area (Å²) >= 11 is 3.27. The second-order valence-electron chi connectivity index (χ2n) is 4.28. The molecular weight excluding hydrogens is 308 g/mol. The van der Waals surface area contributed by atoms with Gasteiger partial charge in [0, 0.05) is 23.4 Å². The number of anilines is 1. The van der Waals surface area contributed by atoms with Crippen molar-refractivity contribution >= 4 is 27.7 Å². The van der Waals surface area contributed by atoms with E-state index in [0.717, 1.165) is 4.47 Å². The zero-order chi connectivity index (χ0) is 14.3. The van der Waals surface area contributed by atoms with Crippen LogP contribution in [-0.4, -0.2) is 17.4 Å². The minimum Gasteiger partial charge on any atom is -0.351 e. The van der Waals surface area contributed by atoms with Crippen molar-refractivity contribution in [2.75, 3.05) is 11.9 Å². The first-order chi connectivity index (χ1) is 9.02. The number of nitriles is 1. The van der Waals surface area contributed by atoms with E-state index in [4.69, 9.17) is 5.26 Å². The molecule has 0 saturated carbocycles. The monoisotopic (exact) mass is 322 g/mol. The van der Waals surface area contributed by atoms with Crippen LogP contribution in [0.1, 0.15) is 13.8 Å². The molecule has 0 radical (unpaired) electrons. The van der Waals surface area contributed by atoms with Gasteiger partial charge in [0.25, 0.3) is 5.91 Å². The average Bonchev–Trinajstić information content (AvgIpc) is 2.39. The highest BCUT2D eigenvalue weighted by Crippen LogP contribution is 2.10. The van der Waals surface area contributed by atoms with Gasteiger partial charge < -0.3 is 10.6 Å². The Bertz CT molecular complexity index is 502. The molecule has 0 aliphatic rings. The lowest BCUT2D eigenvalue weighted by molar-refractivity contribution is -0.117. The summed E-state index contributed by atoms with van der Waals surface area (Å²) in [6.45, 7) is 4.51. The fraction of sp³-hybridized carbons (Fsp3) is 0.308. The van der Waals surface area contributed by atoms with Gasteiger partial charge in [-0.05, 0) is 34.0 Å². The molecule has 0 fully saturated rings. The quantitative estimate of drug-likeness (QED) is 0.644. The van der Waals surface area contributed by atoms with Crippen LogP contribution in [0.3, 0.4) is 0 Å². The van der Waals surface area contributed by atoms with E-state index in [0.29, 0.717) is 18.3 Å². The number of rotatable bonds is 5. The number of aromatic nitrogens is 1. The van der Waals surface area contributed by atoms with E-state index >= 15 is 0 Å². The van der Waals surface area contributed by atoms with E-state index in [1.165, 1.54) is 6.20 Å². The van der Waals surface area contributed by atoms with Gasteiger partial charge in [-0.15, -0.1) is 0 Å². The summed E-state index contributed by atoms with van der Waals surface area (Å²) in [5.41, 5.74) is 0.0189. The fourth-order valence-corrected chi connectivity index (χ4v) is 1.38. The van der Waals surface area contributed by atoms with Gasteiger partial charge >= 0.3 is 0 Å². The molecule has 5 nitrogen and oxygen atoms in total. The molecule has 2 N–H and O–H groups in total. The van der Waals surface area contributed by atoms with Crippen LogP contribution < -0.4 is 10.6 Å². The summed E-state index contributed by atoms with van der Waals surface area (Å²) in [7, 11) is 0. The highest BCUT2D eigenvalue weighted by Gasteiger charge is 2.08. The highest BCUT2D eigenvalue weighted by molar-refractivity contribution is 9.10. The number of amides is 1. The van der Waals surface area contributed by atoms with E-state index in [1.807, 2.05) is 26.0 Å². The largest absolute Gasteiger partial charge is 0.351 e. The van der Waals surface area contributed by atoms with Crippen molar-refractivity contribution in [2.24, 2.45) is 5.92 Å². The normalized spacial score (nSPS) is 11.0. The Balaban J connectivity index is 2.64. The average molecular weight is 323 g/mol. The number of hydrogen-bond acceptors (Lipinski definition) is 4. The lowest BCUT2D eigenvalue weighted by Gasteiger charge is -2.06. The molecule has 0 aliphatic heterocycles. The lowest BCUT2D eigenvalue weighted by atomic mass is 10.2. The molecule has 0 aromatic carbocycles. The topological polar surface area (TPSA) is 77.8 Å². The van der Waals surface area contributed by atoms with Crippen LogP contribution in [0.2, 0.25) is 0 Å². The predicted molar refractivity (Wildman–Crippen MR) is 77.1 cm³/mol. The van der Waals surface area contributed by atoms with Crippen LogP contribution in [0.25, 0.3) is 0 Å². The number of halogens is 1. The third-order valence-corrected chi connectivity index (χ3v) is 2.60. The minimum absolute atomic E-state index is 0.0189. The first-order valence-corrected chi connectivity index (χ1v) is 6.58. The van der Waals surface area contributed by atoms with Crippen molar-refractivity contribution in [3.8, 4) is 6.07 Å². The van der Waals surface area contributed by atoms with Crippen molar-refractivity contribution < 1.29 is 4.79 Å². The Morgan fingerprint density at radius 3 is 2.84 bits per heavy atom. The van der Waals surface area contributed by atoms with Crippen molar-refractivity contribution in [1.82, 2.24) is 10.3 Å². The standard InChI is InChI=1S/C13H15BrN4O/c1-9(2)6-18-13(19)10(5-15)7-16-12-4-3-11(14)8-17-12/h3-4,7-9H,6H2,1-2H3,(H,16,17)(H,18,19)/b10-7-.